The van der Waals surface area contributed by atoms with Crippen LogP contribution < -0.4 is 5.73 Å². The van der Waals surface area contributed by atoms with Crippen molar-refractivity contribution in [2.45, 2.75) is 25.2 Å². The fourth-order valence-corrected chi connectivity index (χ4v) is 3.75. The van der Waals surface area contributed by atoms with Crippen LogP contribution >= 0.6 is 0 Å². The summed E-state index contributed by atoms with van der Waals surface area (Å²) in [6.45, 7) is 0. The zero-order valence-corrected chi connectivity index (χ0v) is 13.9. The number of ether oxygens (including phenoxy) is 1. The lowest BCUT2D eigenvalue weighted by atomic mass is 9.73. The van der Waals surface area contributed by atoms with E-state index in [9.17, 15) is 14.4 Å². The monoisotopic (exact) mass is 348 g/mol. The highest BCUT2D eigenvalue weighted by Crippen LogP contribution is 2.47. The third-order valence-corrected chi connectivity index (χ3v) is 4.96. The molecule has 0 amide bonds. The van der Waals surface area contributed by atoms with Crippen LogP contribution in [0.5, 0.6) is 0 Å². The number of ketones is 3. The molecular formula is C20H16N2O4. The van der Waals surface area contributed by atoms with Crippen LogP contribution in [0.1, 0.15) is 30.7 Å². The summed E-state index contributed by atoms with van der Waals surface area (Å²) in [5, 5.41) is 7.40. The van der Waals surface area contributed by atoms with Crippen LogP contribution in [-0.4, -0.2) is 23.6 Å². The highest BCUT2D eigenvalue weighted by atomic mass is 16.5. The Hall–Kier alpha value is -3.28. The van der Waals surface area contributed by atoms with E-state index in [4.69, 9.17) is 15.9 Å². The highest BCUT2D eigenvalue weighted by Gasteiger charge is 2.46. The summed E-state index contributed by atoms with van der Waals surface area (Å²) in [5.74, 6) is -1.56. The molecule has 0 radical (unpaired) electrons. The van der Waals surface area contributed by atoms with Crippen molar-refractivity contribution in [2.75, 3.05) is 0 Å². The minimum Gasteiger partial charge on any atom is -0.457 e. The number of nitrogens with two attached hydrogens (primary N) is 1. The fourth-order valence-electron chi connectivity index (χ4n) is 3.75. The average molecular weight is 348 g/mol. The van der Waals surface area contributed by atoms with Crippen molar-refractivity contribution in [2.24, 2.45) is 5.73 Å². The van der Waals surface area contributed by atoms with Gasteiger partial charge in [-0.3, -0.25) is 14.4 Å². The summed E-state index contributed by atoms with van der Waals surface area (Å²) in [5.41, 5.74) is 6.66. The normalized spacial score (nSPS) is 22.9. The second-order valence-electron chi connectivity index (χ2n) is 6.43. The van der Waals surface area contributed by atoms with Gasteiger partial charge in [0, 0.05) is 30.5 Å². The van der Waals surface area contributed by atoms with Crippen LogP contribution in [-0.2, 0) is 19.1 Å². The van der Waals surface area contributed by atoms with Gasteiger partial charge < -0.3 is 15.9 Å². The third-order valence-electron chi connectivity index (χ3n) is 4.96. The van der Waals surface area contributed by atoms with Crippen molar-refractivity contribution in [1.29, 1.82) is 5.41 Å². The third kappa shape index (κ3) is 2.19. The first-order chi connectivity index (χ1) is 12.5. The maximum Gasteiger partial charge on any atom is 0.232 e. The molecule has 26 heavy (non-hydrogen) atoms. The van der Waals surface area contributed by atoms with Crippen LogP contribution in [0.3, 0.4) is 0 Å². The number of carbonyl (C=O) groups excluding carboxylic acids is 3. The number of nitrogens with one attached hydrogen (secondary N) is 1. The molecule has 1 atom stereocenters. The summed E-state index contributed by atoms with van der Waals surface area (Å²) < 4.78 is 5.75. The highest BCUT2D eigenvalue weighted by molar-refractivity contribution is 6.32. The number of benzene rings is 1. The van der Waals surface area contributed by atoms with Gasteiger partial charge in [0.25, 0.3) is 0 Å². The molecule has 0 aromatic heterocycles. The van der Waals surface area contributed by atoms with Gasteiger partial charge in [-0.1, -0.05) is 30.3 Å². The van der Waals surface area contributed by atoms with Crippen molar-refractivity contribution >= 4 is 23.6 Å². The maximum atomic E-state index is 12.9. The molecule has 0 bridgehead atoms. The largest absolute Gasteiger partial charge is 0.457 e. The SMILES string of the molecule is N=CC1=C(N)C(=O)C2=C(OC3=C(C(=O)CCC3)C2c2ccccc2)C1=O. The summed E-state index contributed by atoms with van der Waals surface area (Å²) in [6, 6.07) is 9.10. The fraction of sp³-hybridized carbons (Fsp3) is 0.200. The van der Waals surface area contributed by atoms with Crippen molar-refractivity contribution in [3.05, 3.63) is 69.8 Å². The molecule has 3 N–H and O–H groups in total. The molecule has 0 fully saturated rings. The predicted molar refractivity (Wildman–Crippen MR) is 93.2 cm³/mol. The smallest absolute Gasteiger partial charge is 0.232 e. The molecule has 0 saturated carbocycles. The Morgan fingerprint density at radius 1 is 1.04 bits per heavy atom. The van der Waals surface area contributed by atoms with E-state index in [2.05, 4.69) is 0 Å². The molecule has 130 valence electrons. The lowest BCUT2D eigenvalue weighted by molar-refractivity contribution is -0.120. The second-order valence-corrected chi connectivity index (χ2v) is 6.43. The van der Waals surface area contributed by atoms with Crippen LogP contribution in [0.15, 0.2) is 64.3 Å². The first-order valence-corrected chi connectivity index (χ1v) is 8.37. The molecule has 3 aliphatic rings. The summed E-state index contributed by atoms with van der Waals surface area (Å²) >= 11 is 0. The van der Waals surface area contributed by atoms with Gasteiger partial charge in [0.15, 0.2) is 11.5 Å². The molecule has 1 aromatic rings. The summed E-state index contributed by atoms with van der Waals surface area (Å²) in [6.07, 6.45) is 2.32. The molecule has 1 unspecified atom stereocenters. The Labute approximate surface area is 149 Å². The Morgan fingerprint density at radius 2 is 1.77 bits per heavy atom. The van der Waals surface area contributed by atoms with Crippen molar-refractivity contribution in [3.8, 4) is 0 Å². The summed E-state index contributed by atoms with van der Waals surface area (Å²) in [4.78, 5) is 38.3. The van der Waals surface area contributed by atoms with Gasteiger partial charge in [-0.05, 0) is 12.0 Å². The van der Waals surface area contributed by atoms with Crippen molar-refractivity contribution in [3.63, 3.8) is 0 Å². The number of hydrogen-bond donors (Lipinski definition) is 2. The van der Waals surface area contributed by atoms with E-state index in [1.54, 1.807) is 0 Å². The quantitative estimate of drug-likeness (QED) is 0.628. The van der Waals surface area contributed by atoms with Crippen LogP contribution in [0, 0.1) is 5.41 Å². The first-order valence-electron chi connectivity index (χ1n) is 8.37. The molecule has 1 aromatic carbocycles. The average Bonchev–Trinajstić information content (AvgIpc) is 2.66. The van der Waals surface area contributed by atoms with Gasteiger partial charge in [-0.2, -0.15) is 0 Å². The minimum absolute atomic E-state index is 0.0766. The van der Waals surface area contributed by atoms with Gasteiger partial charge in [-0.15, -0.1) is 0 Å². The molecule has 6 heteroatoms. The van der Waals surface area contributed by atoms with E-state index in [0.29, 0.717) is 30.6 Å². The van der Waals surface area contributed by atoms with Crippen molar-refractivity contribution < 1.29 is 19.1 Å². The molecule has 4 rings (SSSR count). The number of carbonyl (C=O) groups is 3. The topological polar surface area (TPSA) is 110 Å². The zero-order chi connectivity index (χ0) is 18.4. The maximum absolute atomic E-state index is 12.9. The lowest BCUT2D eigenvalue weighted by Gasteiger charge is -2.35. The van der Waals surface area contributed by atoms with Gasteiger partial charge in [0.2, 0.25) is 11.6 Å². The lowest BCUT2D eigenvalue weighted by Crippen LogP contribution is -2.37. The Balaban J connectivity index is 1.97. The molecule has 1 aliphatic heterocycles. The minimum atomic E-state index is -0.676. The second kappa shape index (κ2) is 5.91. The standard InChI is InChI=1S/C20H16N2O4/c21-9-11-17(22)19(25)16-14(10-5-2-1-3-6-10)15-12(23)7-4-8-13(15)26-20(16)18(11)24/h1-3,5-6,9,14,21H,4,7-8,22H2. The Morgan fingerprint density at radius 3 is 2.46 bits per heavy atom. The van der Waals surface area contributed by atoms with E-state index in [1.165, 1.54) is 0 Å². The van der Waals surface area contributed by atoms with Crippen LogP contribution in [0.4, 0.5) is 0 Å². The number of allylic oxidation sites excluding steroid dienone is 4. The van der Waals surface area contributed by atoms with E-state index < -0.39 is 17.5 Å². The molecule has 0 spiro atoms. The van der Waals surface area contributed by atoms with E-state index in [1.807, 2.05) is 30.3 Å². The number of hydrogen-bond acceptors (Lipinski definition) is 6. The molecule has 1 heterocycles. The molecule has 0 saturated heterocycles. The van der Waals surface area contributed by atoms with E-state index in [0.717, 1.165) is 11.8 Å². The molecular weight excluding hydrogens is 332 g/mol. The summed E-state index contributed by atoms with van der Waals surface area (Å²) in [7, 11) is 0. The van der Waals surface area contributed by atoms with E-state index >= 15 is 0 Å². The first kappa shape index (κ1) is 16.2. The van der Waals surface area contributed by atoms with Gasteiger partial charge in [0.1, 0.15) is 5.76 Å². The van der Waals surface area contributed by atoms with Crippen LogP contribution in [0.2, 0.25) is 0 Å². The molecule has 2 aliphatic carbocycles. The van der Waals surface area contributed by atoms with Gasteiger partial charge in [0.05, 0.1) is 16.8 Å². The van der Waals surface area contributed by atoms with Gasteiger partial charge in [-0.25, -0.2) is 0 Å². The Kier molecular flexibility index (Phi) is 3.68. The van der Waals surface area contributed by atoms with Crippen LogP contribution in [0.25, 0.3) is 0 Å². The number of rotatable bonds is 2. The Bertz CT molecular complexity index is 967. The molecule has 6 nitrogen and oxygen atoms in total. The van der Waals surface area contributed by atoms with Gasteiger partial charge >= 0.3 is 0 Å². The predicted octanol–water partition coefficient (Wildman–Crippen LogP) is 2.08. The van der Waals surface area contributed by atoms with Crippen molar-refractivity contribution in [1.82, 2.24) is 0 Å². The van der Waals surface area contributed by atoms with E-state index in [-0.39, 0.29) is 28.4 Å². The zero-order valence-electron chi connectivity index (χ0n) is 13.9. The number of Topliss-reactive ketones (excluding diaryl/α,β-unsaturated/α-hetero) is 3.